The van der Waals surface area contributed by atoms with Gasteiger partial charge < -0.3 is 33.7 Å². The van der Waals surface area contributed by atoms with Crippen LogP contribution in [0.25, 0.3) is 0 Å². The molecule has 0 aliphatic carbocycles. The first-order valence-corrected chi connectivity index (χ1v) is 12.1. The predicted octanol–water partition coefficient (Wildman–Crippen LogP) is 5.34. The average molecular weight is 674 g/mol. The molecule has 0 saturated carbocycles. The normalized spacial score (nSPS) is 15.7. The number of alkyl halides is 17. The molecule has 0 aromatic carbocycles. The van der Waals surface area contributed by atoms with Gasteiger partial charge in [-0.15, -0.1) is 0 Å². The summed E-state index contributed by atoms with van der Waals surface area (Å²) in [7, 11) is -9.37. The van der Waals surface area contributed by atoms with E-state index in [1.54, 1.807) is 0 Å². The summed E-state index contributed by atoms with van der Waals surface area (Å²) in [4.78, 5) is 0. The molecule has 0 aromatic heterocycles. The monoisotopic (exact) mass is 674 g/mol. The van der Waals surface area contributed by atoms with Gasteiger partial charge in [0.15, 0.2) is 0 Å². The summed E-state index contributed by atoms with van der Waals surface area (Å²) < 4.78 is 227. The highest BCUT2D eigenvalue weighted by molar-refractivity contribution is 6.64. The summed E-state index contributed by atoms with van der Waals surface area (Å²) >= 11 is 0. The van der Waals surface area contributed by atoms with Gasteiger partial charge in [0.25, 0.3) is 5.41 Å². The van der Waals surface area contributed by atoms with Crippen LogP contribution in [0, 0.1) is 0 Å². The second-order valence-corrected chi connectivity index (χ2v) is 10.5. The highest BCUT2D eigenvalue weighted by Crippen LogP contribution is 2.51. The molecule has 0 atom stereocenters. The van der Waals surface area contributed by atoms with E-state index >= 15 is 0 Å². The molecule has 0 spiro atoms. The maximum atomic E-state index is 13.6. The lowest BCUT2D eigenvalue weighted by molar-refractivity contribution is -0.444. The molecule has 25 heteroatoms. The Morgan fingerprint density at radius 3 is 1.07 bits per heavy atom. The van der Waals surface area contributed by atoms with Gasteiger partial charge in [-0.2, -0.15) is 65.9 Å². The van der Waals surface area contributed by atoms with Gasteiger partial charge in [-0.1, -0.05) is 19.3 Å². The topological polar surface area (TPSA) is 109 Å². The van der Waals surface area contributed by atoms with Crippen LogP contribution >= 0.6 is 0 Å². The van der Waals surface area contributed by atoms with Crippen molar-refractivity contribution >= 4 is 8.80 Å². The molecular formula is C16H19F17O7Si. The third kappa shape index (κ3) is 9.89. The zero-order chi connectivity index (χ0) is 33.1. The van der Waals surface area contributed by atoms with Crippen molar-refractivity contribution < 1.29 is 108 Å². The SMILES string of the molecule is OC(O)(CCCCCCCC(F)F)C(O)(O)[Si](OC(F)(F)C(F)(F)F)(OC(F)(F)C(F)(F)F)OC(F)(F)C(F)(F)F. The molecule has 0 unspecified atom stereocenters. The second-order valence-electron chi connectivity index (χ2n) is 8.09. The quantitative estimate of drug-likeness (QED) is 0.0759. The fourth-order valence-corrected chi connectivity index (χ4v) is 5.10. The molecule has 248 valence electrons. The molecule has 0 radical (unpaired) electrons. The van der Waals surface area contributed by atoms with Gasteiger partial charge in [0.05, 0.1) is 0 Å². The zero-order valence-electron chi connectivity index (χ0n) is 19.5. The van der Waals surface area contributed by atoms with Crippen molar-refractivity contribution in [3.8, 4) is 0 Å². The van der Waals surface area contributed by atoms with Crippen LogP contribution in [0.2, 0.25) is 0 Å². The number of halogens is 17. The molecule has 0 fully saturated rings. The molecule has 0 bridgehead atoms. The van der Waals surface area contributed by atoms with E-state index < -0.39 is 89.0 Å². The molecule has 7 nitrogen and oxygen atoms in total. The number of hydrogen-bond acceptors (Lipinski definition) is 7. The smallest absolute Gasteiger partial charge is 0.361 e. The standard InChI is InChI=1S/C16H19F17O7Si/c17-8(18)6-4-2-1-3-5-7-9(34,35)16(36,37)41(38-13(28,29)10(19,20)21,39-14(30,31)11(22,23)24)40-15(32,33)12(25,26)27/h8,34-37H,1-7H2. The molecule has 0 saturated heterocycles. The van der Waals surface area contributed by atoms with E-state index in [0.29, 0.717) is 0 Å². The zero-order valence-corrected chi connectivity index (χ0v) is 20.5. The fourth-order valence-electron chi connectivity index (χ4n) is 2.58. The third-order valence-electron chi connectivity index (χ3n) is 4.71. The van der Waals surface area contributed by atoms with Crippen LogP contribution in [-0.4, -0.2) is 83.7 Å². The highest BCUT2D eigenvalue weighted by Gasteiger charge is 2.84. The first-order chi connectivity index (χ1) is 17.8. The summed E-state index contributed by atoms with van der Waals surface area (Å²) in [6, 6.07) is 0. The lowest BCUT2D eigenvalue weighted by Gasteiger charge is -2.47. The van der Waals surface area contributed by atoms with Gasteiger partial charge >= 0.3 is 45.7 Å². The minimum absolute atomic E-state index is 0.0982. The van der Waals surface area contributed by atoms with Crippen molar-refractivity contribution in [3.05, 3.63) is 0 Å². The molecule has 0 aromatic rings. The first-order valence-electron chi connectivity index (χ1n) is 10.4. The van der Waals surface area contributed by atoms with Crippen molar-refractivity contribution in [2.24, 2.45) is 0 Å². The van der Waals surface area contributed by atoms with Gasteiger partial charge in [-0.25, -0.2) is 8.78 Å². The Bertz CT molecular complexity index is 758. The van der Waals surface area contributed by atoms with Crippen molar-refractivity contribution in [2.75, 3.05) is 0 Å². The van der Waals surface area contributed by atoms with Gasteiger partial charge in [-0.05, 0) is 12.8 Å². The van der Waals surface area contributed by atoms with Crippen molar-refractivity contribution in [2.45, 2.75) is 99.4 Å². The predicted molar refractivity (Wildman–Crippen MR) is 94.7 cm³/mol. The van der Waals surface area contributed by atoms with E-state index in [1.165, 1.54) is 0 Å². The summed E-state index contributed by atoms with van der Waals surface area (Å²) in [5.74, 6) is -5.17. The van der Waals surface area contributed by atoms with Gasteiger partial charge in [-0.3, -0.25) is 0 Å². The maximum absolute atomic E-state index is 13.6. The van der Waals surface area contributed by atoms with Crippen LogP contribution in [-0.2, 0) is 13.3 Å². The molecule has 0 aliphatic heterocycles. The van der Waals surface area contributed by atoms with Crippen LogP contribution in [0.4, 0.5) is 74.6 Å². The van der Waals surface area contributed by atoms with E-state index in [9.17, 15) is 95.1 Å². The Morgan fingerprint density at radius 2 is 0.780 bits per heavy atom. The van der Waals surface area contributed by atoms with Gasteiger partial charge in [0, 0.05) is 12.8 Å². The molecule has 0 aliphatic rings. The Labute approximate surface area is 217 Å². The van der Waals surface area contributed by atoms with Crippen LogP contribution in [0.15, 0.2) is 0 Å². The molecule has 0 heterocycles. The van der Waals surface area contributed by atoms with Crippen LogP contribution in [0.5, 0.6) is 0 Å². The molecule has 4 N–H and O–H groups in total. The van der Waals surface area contributed by atoms with E-state index in [-0.39, 0.29) is 19.3 Å². The lowest BCUT2D eigenvalue weighted by atomic mass is 10.0. The van der Waals surface area contributed by atoms with E-state index in [4.69, 9.17) is 0 Å². The van der Waals surface area contributed by atoms with Crippen molar-refractivity contribution in [1.82, 2.24) is 0 Å². The van der Waals surface area contributed by atoms with E-state index in [2.05, 4.69) is 13.3 Å². The molecule has 0 rings (SSSR count). The minimum atomic E-state index is -9.37. The van der Waals surface area contributed by atoms with Crippen molar-refractivity contribution in [1.29, 1.82) is 0 Å². The lowest BCUT2D eigenvalue weighted by Crippen LogP contribution is -2.80. The summed E-state index contributed by atoms with van der Waals surface area (Å²) in [5.41, 5.74) is -6.28. The maximum Gasteiger partial charge on any atom is 0.583 e. The summed E-state index contributed by atoms with van der Waals surface area (Å²) in [6.45, 7) is 0. The largest absolute Gasteiger partial charge is 0.583 e. The van der Waals surface area contributed by atoms with Crippen LogP contribution < -0.4 is 0 Å². The number of unbranched alkanes of at least 4 members (excludes halogenated alkanes) is 4. The van der Waals surface area contributed by atoms with Gasteiger partial charge in [0.2, 0.25) is 12.2 Å². The first kappa shape index (κ1) is 39.7. The second kappa shape index (κ2) is 12.8. The summed E-state index contributed by atoms with van der Waals surface area (Å²) in [6.07, 6.45) is -52.1. The van der Waals surface area contributed by atoms with Crippen LogP contribution in [0.3, 0.4) is 0 Å². The van der Waals surface area contributed by atoms with Crippen molar-refractivity contribution in [3.63, 3.8) is 0 Å². The molecule has 0 amide bonds. The summed E-state index contributed by atoms with van der Waals surface area (Å²) in [5, 5.41) is 39.4. The van der Waals surface area contributed by atoms with Crippen LogP contribution in [0.1, 0.15) is 44.9 Å². The highest BCUT2D eigenvalue weighted by atomic mass is 28.4. The average Bonchev–Trinajstić information content (AvgIpc) is 2.68. The van der Waals surface area contributed by atoms with E-state index in [0.717, 1.165) is 0 Å². The Kier molecular flexibility index (Phi) is 12.4. The Balaban J connectivity index is 6.93. The Morgan fingerprint density at radius 1 is 0.488 bits per heavy atom. The third-order valence-corrected chi connectivity index (χ3v) is 7.54. The number of aliphatic hydroxyl groups is 4. The number of rotatable bonds is 16. The van der Waals surface area contributed by atoms with E-state index in [1.807, 2.05) is 0 Å². The van der Waals surface area contributed by atoms with Gasteiger partial charge in [0.1, 0.15) is 0 Å². The number of hydrogen-bond donors (Lipinski definition) is 4. The molecule has 41 heavy (non-hydrogen) atoms. The Hall–Kier alpha value is -1.25. The fraction of sp³-hybridized carbons (Fsp3) is 1.00. The molecular weight excluding hydrogens is 655 g/mol. The minimum Gasteiger partial charge on any atom is -0.361 e.